The first-order valence-corrected chi connectivity index (χ1v) is 9.91. The molecule has 0 fully saturated rings. The fourth-order valence-electron chi connectivity index (χ4n) is 4.05. The lowest BCUT2D eigenvalue weighted by Gasteiger charge is -2.25. The molecule has 0 saturated heterocycles. The summed E-state index contributed by atoms with van der Waals surface area (Å²) in [6.07, 6.45) is -0.420. The molecule has 1 aliphatic rings. The van der Waals surface area contributed by atoms with Gasteiger partial charge in [-0.2, -0.15) is 0 Å². The standard InChI is InChI=1S/C25H23NO4/c1-26(23(24(27)28)15-17-9-3-2-4-10-17)25(29)30-16-22-20-13-7-5-11-18(20)19-12-6-8-14-21(19)22/h2-14,22-23H,15-16H2,1H3,(H,27,28)/t23-/m0/s1. The van der Waals surface area contributed by atoms with E-state index in [-0.39, 0.29) is 18.9 Å². The minimum atomic E-state index is -1.06. The summed E-state index contributed by atoms with van der Waals surface area (Å²) in [6.45, 7) is 0.162. The van der Waals surface area contributed by atoms with Crippen molar-refractivity contribution in [2.75, 3.05) is 13.7 Å². The number of amides is 1. The lowest BCUT2D eigenvalue weighted by Crippen LogP contribution is -2.44. The maximum absolute atomic E-state index is 12.7. The molecule has 1 atom stereocenters. The van der Waals surface area contributed by atoms with E-state index in [1.165, 1.54) is 11.9 Å². The van der Waals surface area contributed by atoms with Crippen LogP contribution in [0.4, 0.5) is 4.79 Å². The second-order valence-corrected chi connectivity index (χ2v) is 7.46. The Morgan fingerprint density at radius 3 is 2.00 bits per heavy atom. The van der Waals surface area contributed by atoms with Gasteiger partial charge >= 0.3 is 12.1 Å². The Balaban J connectivity index is 1.48. The number of carbonyl (C=O) groups is 2. The molecule has 0 heterocycles. The maximum Gasteiger partial charge on any atom is 0.410 e. The van der Waals surface area contributed by atoms with Crippen molar-refractivity contribution in [3.63, 3.8) is 0 Å². The number of carboxylic acids is 1. The maximum atomic E-state index is 12.7. The van der Waals surface area contributed by atoms with Gasteiger partial charge < -0.3 is 9.84 Å². The number of ether oxygens (including phenoxy) is 1. The summed E-state index contributed by atoms with van der Waals surface area (Å²) < 4.78 is 5.59. The average Bonchev–Trinajstić information content (AvgIpc) is 3.09. The highest BCUT2D eigenvalue weighted by Crippen LogP contribution is 2.44. The molecular formula is C25H23NO4. The van der Waals surface area contributed by atoms with E-state index in [9.17, 15) is 14.7 Å². The zero-order chi connectivity index (χ0) is 21.1. The largest absolute Gasteiger partial charge is 0.480 e. The predicted octanol–water partition coefficient (Wildman–Crippen LogP) is 4.56. The Morgan fingerprint density at radius 1 is 0.900 bits per heavy atom. The van der Waals surface area contributed by atoms with E-state index in [2.05, 4.69) is 12.1 Å². The number of hydrogen-bond acceptors (Lipinski definition) is 3. The third-order valence-corrected chi connectivity index (χ3v) is 5.65. The second kappa shape index (κ2) is 8.41. The molecule has 0 unspecified atom stereocenters. The normalized spacial score (nSPS) is 13.2. The topological polar surface area (TPSA) is 66.8 Å². The van der Waals surface area contributed by atoms with Gasteiger partial charge in [0.25, 0.3) is 0 Å². The van der Waals surface area contributed by atoms with Crippen LogP contribution in [0.1, 0.15) is 22.6 Å². The quantitative estimate of drug-likeness (QED) is 0.657. The van der Waals surface area contributed by atoms with Crippen LogP contribution in [0.25, 0.3) is 11.1 Å². The Bertz CT molecular complexity index is 1020. The second-order valence-electron chi connectivity index (χ2n) is 7.46. The molecule has 0 aromatic heterocycles. The molecule has 0 aliphatic heterocycles. The van der Waals surface area contributed by atoms with Crippen molar-refractivity contribution in [2.24, 2.45) is 0 Å². The summed E-state index contributed by atoms with van der Waals surface area (Å²) in [6, 6.07) is 24.5. The summed E-state index contributed by atoms with van der Waals surface area (Å²) >= 11 is 0. The lowest BCUT2D eigenvalue weighted by molar-refractivity contribution is -0.142. The molecule has 0 radical (unpaired) electrons. The molecule has 5 heteroatoms. The highest BCUT2D eigenvalue weighted by Gasteiger charge is 2.31. The van der Waals surface area contributed by atoms with E-state index < -0.39 is 18.1 Å². The van der Waals surface area contributed by atoms with Crippen LogP contribution in [0.3, 0.4) is 0 Å². The van der Waals surface area contributed by atoms with Gasteiger partial charge in [0.05, 0.1) is 0 Å². The molecule has 1 amide bonds. The van der Waals surface area contributed by atoms with E-state index in [4.69, 9.17) is 4.74 Å². The molecule has 0 spiro atoms. The summed E-state index contributed by atoms with van der Waals surface area (Å²) in [5, 5.41) is 9.64. The number of aliphatic carboxylic acids is 1. The third kappa shape index (κ3) is 3.79. The molecule has 3 aromatic rings. The first-order chi connectivity index (χ1) is 14.6. The van der Waals surface area contributed by atoms with Crippen molar-refractivity contribution in [2.45, 2.75) is 18.4 Å². The van der Waals surface area contributed by atoms with Gasteiger partial charge in [-0.15, -0.1) is 0 Å². The molecule has 152 valence electrons. The number of benzene rings is 3. The van der Waals surface area contributed by atoms with Crippen molar-refractivity contribution in [3.8, 4) is 11.1 Å². The number of rotatable bonds is 6. The van der Waals surface area contributed by atoms with Crippen LogP contribution in [0.15, 0.2) is 78.9 Å². The van der Waals surface area contributed by atoms with E-state index in [1.807, 2.05) is 66.7 Å². The number of carboxylic acid groups (broad SMARTS) is 1. The van der Waals surface area contributed by atoms with Gasteiger partial charge in [-0.3, -0.25) is 4.90 Å². The molecule has 30 heavy (non-hydrogen) atoms. The van der Waals surface area contributed by atoms with Crippen molar-refractivity contribution < 1.29 is 19.4 Å². The van der Waals surface area contributed by atoms with Crippen LogP contribution in [-0.4, -0.2) is 41.8 Å². The number of nitrogens with zero attached hydrogens (tertiary/aromatic N) is 1. The van der Waals surface area contributed by atoms with Gasteiger partial charge in [0.15, 0.2) is 0 Å². The van der Waals surface area contributed by atoms with Gasteiger partial charge in [0, 0.05) is 19.4 Å². The van der Waals surface area contributed by atoms with Gasteiger partial charge in [-0.05, 0) is 27.8 Å². The minimum absolute atomic E-state index is 0.0628. The van der Waals surface area contributed by atoms with Crippen LogP contribution < -0.4 is 0 Å². The number of hydrogen-bond donors (Lipinski definition) is 1. The Hall–Kier alpha value is -3.60. The molecule has 0 bridgehead atoms. The predicted molar refractivity (Wildman–Crippen MR) is 114 cm³/mol. The van der Waals surface area contributed by atoms with Gasteiger partial charge in [-0.25, -0.2) is 9.59 Å². The molecule has 1 aliphatic carbocycles. The smallest absolute Gasteiger partial charge is 0.410 e. The van der Waals surface area contributed by atoms with E-state index in [0.717, 1.165) is 27.8 Å². The van der Waals surface area contributed by atoms with E-state index in [0.29, 0.717) is 0 Å². The van der Waals surface area contributed by atoms with Crippen LogP contribution in [0, 0.1) is 0 Å². The Labute approximate surface area is 175 Å². The van der Waals surface area contributed by atoms with Gasteiger partial charge in [-0.1, -0.05) is 78.9 Å². The summed E-state index contributed by atoms with van der Waals surface area (Å²) in [5.41, 5.74) is 5.38. The Kier molecular flexibility index (Phi) is 5.53. The van der Waals surface area contributed by atoms with Crippen molar-refractivity contribution >= 4 is 12.1 Å². The van der Waals surface area contributed by atoms with Gasteiger partial charge in [0.2, 0.25) is 0 Å². The zero-order valence-electron chi connectivity index (χ0n) is 16.7. The monoisotopic (exact) mass is 401 g/mol. The fraction of sp³-hybridized carbons (Fsp3) is 0.200. The fourth-order valence-corrected chi connectivity index (χ4v) is 4.05. The molecular weight excluding hydrogens is 378 g/mol. The third-order valence-electron chi connectivity index (χ3n) is 5.65. The van der Waals surface area contributed by atoms with Crippen LogP contribution >= 0.6 is 0 Å². The Morgan fingerprint density at radius 2 is 1.43 bits per heavy atom. The SMILES string of the molecule is CN(C(=O)OCC1c2ccccc2-c2ccccc21)[C@@H](Cc1ccccc1)C(=O)O. The van der Waals surface area contributed by atoms with E-state index >= 15 is 0 Å². The summed E-state index contributed by atoms with van der Waals surface area (Å²) in [5.74, 6) is -1.12. The highest BCUT2D eigenvalue weighted by molar-refractivity contribution is 5.81. The van der Waals surface area contributed by atoms with Crippen LogP contribution in [-0.2, 0) is 16.0 Å². The molecule has 3 aromatic carbocycles. The van der Waals surface area contributed by atoms with E-state index in [1.54, 1.807) is 0 Å². The number of fused-ring (bicyclic) bond motifs is 3. The summed E-state index contributed by atoms with van der Waals surface area (Å²) in [4.78, 5) is 25.7. The summed E-state index contributed by atoms with van der Waals surface area (Å²) in [7, 11) is 1.47. The molecule has 5 nitrogen and oxygen atoms in total. The van der Waals surface area contributed by atoms with Gasteiger partial charge in [0.1, 0.15) is 12.6 Å². The molecule has 1 N–H and O–H groups in total. The first-order valence-electron chi connectivity index (χ1n) is 9.91. The molecule has 0 saturated carbocycles. The lowest BCUT2D eigenvalue weighted by atomic mass is 9.98. The highest BCUT2D eigenvalue weighted by atomic mass is 16.6. The van der Waals surface area contributed by atoms with Crippen molar-refractivity contribution in [1.82, 2.24) is 4.90 Å². The number of carbonyl (C=O) groups excluding carboxylic acids is 1. The molecule has 4 rings (SSSR count). The average molecular weight is 401 g/mol. The number of likely N-dealkylation sites (N-methyl/N-ethyl adjacent to an activating group) is 1. The van der Waals surface area contributed by atoms with Crippen molar-refractivity contribution in [3.05, 3.63) is 95.6 Å². The van der Waals surface area contributed by atoms with Crippen molar-refractivity contribution in [1.29, 1.82) is 0 Å². The minimum Gasteiger partial charge on any atom is -0.480 e. The van der Waals surface area contributed by atoms with Crippen LogP contribution in [0.2, 0.25) is 0 Å². The first kappa shape index (κ1) is 19.7. The zero-order valence-corrected chi connectivity index (χ0v) is 16.7. The van der Waals surface area contributed by atoms with Crippen LogP contribution in [0.5, 0.6) is 0 Å².